The van der Waals surface area contributed by atoms with Crippen LogP contribution in [-0.4, -0.2) is 6.54 Å². The third kappa shape index (κ3) is 2.91. The average Bonchev–Trinajstić information content (AvgIpc) is 2.43. The highest BCUT2D eigenvalue weighted by Crippen LogP contribution is 2.22. The van der Waals surface area contributed by atoms with E-state index in [-0.39, 0.29) is 6.04 Å². The van der Waals surface area contributed by atoms with Gasteiger partial charge in [-0.3, -0.25) is 0 Å². The molecule has 92 valence electrons. The van der Waals surface area contributed by atoms with Crippen LogP contribution in [0.2, 0.25) is 0 Å². The number of rotatable bonds is 5. The Morgan fingerprint density at radius 2 is 1.94 bits per heavy atom. The first kappa shape index (κ1) is 12.7. The van der Waals surface area contributed by atoms with Gasteiger partial charge in [-0.1, -0.05) is 43.3 Å². The van der Waals surface area contributed by atoms with Crippen LogP contribution in [0.15, 0.2) is 42.5 Å². The van der Waals surface area contributed by atoms with Gasteiger partial charge >= 0.3 is 0 Å². The third-order valence-electron chi connectivity index (χ3n) is 3.14. The standard InChI is InChI=1S/C17H19N/c1-3-7-17(18-12-4-2)16-11-10-14-8-5-6-9-15(14)13-16/h1,5-6,8-11,13,17-18H,4,7,12H2,2H3. The minimum Gasteiger partial charge on any atom is -0.309 e. The van der Waals surface area contributed by atoms with Crippen LogP contribution in [0.1, 0.15) is 31.4 Å². The smallest absolute Gasteiger partial charge is 0.0431 e. The monoisotopic (exact) mass is 237 g/mol. The number of benzene rings is 2. The molecule has 0 heterocycles. The maximum absolute atomic E-state index is 5.46. The Balaban J connectivity index is 2.29. The van der Waals surface area contributed by atoms with Crippen LogP contribution in [-0.2, 0) is 0 Å². The zero-order valence-corrected chi connectivity index (χ0v) is 10.8. The molecule has 0 saturated carbocycles. The molecule has 18 heavy (non-hydrogen) atoms. The molecule has 0 aromatic heterocycles. The SMILES string of the molecule is C#CCC(NCCC)c1ccc2ccccc2c1. The van der Waals surface area contributed by atoms with Crippen LogP contribution in [0.25, 0.3) is 10.8 Å². The van der Waals surface area contributed by atoms with E-state index >= 15 is 0 Å². The molecule has 0 fully saturated rings. The van der Waals surface area contributed by atoms with Crippen molar-refractivity contribution in [1.82, 2.24) is 5.32 Å². The van der Waals surface area contributed by atoms with Crippen LogP contribution in [0.4, 0.5) is 0 Å². The van der Waals surface area contributed by atoms with E-state index < -0.39 is 0 Å². The lowest BCUT2D eigenvalue weighted by Gasteiger charge is -2.17. The molecule has 0 aliphatic heterocycles. The van der Waals surface area contributed by atoms with Gasteiger partial charge in [-0.25, -0.2) is 0 Å². The fourth-order valence-corrected chi connectivity index (χ4v) is 2.17. The molecule has 1 N–H and O–H groups in total. The number of hydrogen-bond donors (Lipinski definition) is 1. The van der Waals surface area contributed by atoms with Gasteiger partial charge in [0, 0.05) is 12.5 Å². The summed E-state index contributed by atoms with van der Waals surface area (Å²) in [5.41, 5.74) is 1.28. The van der Waals surface area contributed by atoms with Crippen molar-refractivity contribution >= 4 is 10.8 Å². The summed E-state index contributed by atoms with van der Waals surface area (Å²) >= 11 is 0. The molecule has 0 radical (unpaired) electrons. The van der Waals surface area contributed by atoms with Gasteiger partial charge in [0.15, 0.2) is 0 Å². The quantitative estimate of drug-likeness (QED) is 0.778. The molecule has 0 amide bonds. The second kappa shape index (κ2) is 6.23. The van der Waals surface area contributed by atoms with Crippen LogP contribution in [0.3, 0.4) is 0 Å². The van der Waals surface area contributed by atoms with Crippen molar-refractivity contribution in [1.29, 1.82) is 0 Å². The molecule has 1 heteroatoms. The molecule has 0 aliphatic rings. The van der Waals surface area contributed by atoms with Crippen molar-refractivity contribution in [2.24, 2.45) is 0 Å². The summed E-state index contributed by atoms with van der Waals surface area (Å²) in [7, 11) is 0. The molecular formula is C17H19N. The van der Waals surface area contributed by atoms with E-state index in [9.17, 15) is 0 Å². The molecule has 2 aromatic carbocycles. The van der Waals surface area contributed by atoms with Crippen LogP contribution >= 0.6 is 0 Å². The Morgan fingerprint density at radius 1 is 1.17 bits per heavy atom. The van der Waals surface area contributed by atoms with E-state index in [0.29, 0.717) is 0 Å². The summed E-state index contributed by atoms with van der Waals surface area (Å²) < 4.78 is 0. The lowest BCUT2D eigenvalue weighted by molar-refractivity contribution is 0.543. The number of terminal acetylenes is 1. The molecule has 1 atom stereocenters. The van der Waals surface area contributed by atoms with Crippen LogP contribution < -0.4 is 5.32 Å². The van der Waals surface area contributed by atoms with Gasteiger partial charge in [0.25, 0.3) is 0 Å². The van der Waals surface area contributed by atoms with Crippen molar-refractivity contribution in [2.75, 3.05) is 6.54 Å². The second-order valence-corrected chi connectivity index (χ2v) is 4.52. The van der Waals surface area contributed by atoms with E-state index in [2.05, 4.69) is 60.6 Å². The van der Waals surface area contributed by atoms with E-state index in [4.69, 9.17) is 6.42 Å². The van der Waals surface area contributed by atoms with Crippen LogP contribution in [0.5, 0.6) is 0 Å². The average molecular weight is 237 g/mol. The summed E-state index contributed by atoms with van der Waals surface area (Å²) in [6, 6.07) is 15.3. The molecule has 1 unspecified atom stereocenters. The Hall–Kier alpha value is -1.78. The van der Waals surface area contributed by atoms with Gasteiger partial charge in [0.1, 0.15) is 0 Å². The normalized spacial score (nSPS) is 12.2. The molecule has 0 aliphatic carbocycles. The van der Waals surface area contributed by atoms with Crippen molar-refractivity contribution in [3.8, 4) is 12.3 Å². The Labute approximate surface area is 109 Å². The summed E-state index contributed by atoms with van der Waals surface area (Å²) in [5.74, 6) is 2.76. The molecule has 0 bridgehead atoms. The molecular weight excluding hydrogens is 218 g/mol. The highest BCUT2D eigenvalue weighted by atomic mass is 14.9. The lowest BCUT2D eigenvalue weighted by atomic mass is 10.00. The lowest BCUT2D eigenvalue weighted by Crippen LogP contribution is -2.21. The van der Waals surface area contributed by atoms with Gasteiger partial charge in [0.05, 0.1) is 0 Å². The molecule has 0 saturated heterocycles. The highest BCUT2D eigenvalue weighted by molar-refractivity contribution is 5.83. The van der Waals surface area contributed by atoms with E-state index in [1.807, 2.05) is 0 Å². The minimum atomic E-state index is 0.263. The number of hydrogen-bond acceptors (Lipinski definition) is 1. The predicted octanol–water partition coefficient (Wildman–Crippen LogP) is 3.90. The minimum absolute atomic E-state index is 0.263. The number of nitrogens with one attached hydrogen (secondary N) is 1. The van der Waals surface area contributed by atoms with Crippen molar-refractivity contribution in [2.45, 2.75) is 25.8 Å². The summed E-state index contributed by atoms with van der Waals surface area (Å²) in [6.07, 6.45) is 7.32. The fraction of sp³-hybridized carbons (Fsp3) is 0.294. The zero-order chi connectivity index (χ0) is 12.8. The van der Waals surface area contributed by atoms with E-state index in [1.54, 1.807) is 0 Å². The molecule has 2 rings (SSSR count). The van der Waals surface area contributed by atoms with Gasteiger partial charge < -0.3 is 5.32 Å². The first-order valence-electron chi connectivity index (χ1n) is 6.50. The van der Waals surface area contributed by atoms with Gasteiger partial charge in [-0.15, -0.1) is 12.3 Å². The highest BCUT2D eigenvalue weighted by Gasteiger charge is 2.09. The third-order valence-corrected chi connectivity index (χ3v) is 3.14. The van der Waals surface area contributed by atoms with Crippen molar-refractivity contribution in [3.63, 3.8) is 0 Å². The second-order valence-electron chi connectivity index (χ2n) is 4.52. The van der Waals surface area contributed by atoms with Gasteiger partial charge in [-0.2, -0.15) is 0 Å². The summed E-state index contributed by atoms with van der Waals surface area (Å²) in [5, 5.41) is 6.06. The first-order valence-corrected chi connectivity index (χ1v) is 6.50. The maximum Gasteiger partial charge on any atom is 0.0431 e. The largest absolute Gasteiger partial charge is 0.309 e. The van der Waals surface area contributed by atoms with E-state index in [0.717, 1.165) is 19.4 Å². The molecule has 2 aromatic rings. The molecule has 1 nitrogen and oxygen atoms in total. The van der Waals surface area contributed by atoms with Crippen molar-refractivity contribution in [3.05, 3.63) is 48.0 Å². The van der Waals surface area contributed by atoms with Gasteiger partial charge in [-0.05, 0) is 35.4 Å². The topological polar surface area (TPSA) is 12.0 Å². The molecule has 0 spiro atoms. The Bertz CT molecular complexity index is 551. The first-order chi connectivity index (χ1) is 8.85. The zero-order valence-electron chi connectivity index (χ0n) is 10.8. The van der Waals surface area contributed by atoms with Crippen molar-refractivity contribution < 1.29 is 0 Å². The Morgan fingerprint density at radius 3 is 2.67 bits per heavy atom. The van der Waals surface area contributed by atoms with Crippen LogP contribution in [0, 0.1) is 12.3 Å². The predicted molar refractivity (Wildman–Crippen MR) is 78.4 cm³/mol. The Kier molecular flexibility index (Phi) is 4.39. The summed E-state index contributed by atoms with van der Waals surface area (Å²) in [4.78, 5) is 0. The van der Waals surface area contributed by atoms with E-state index in [1.165, 1.54) is 16.3 Å². The maximum atomic E-state index is 5.46. The summed E-state index contributed by atoms with van der Waals surface area (Å²) in [6.45, 7) is 3.17. The fourth-order valence-electron chi connectivity index (χ4n) is 2.17. The van der Waals surface area contributed by atoms with Gasteiger partial charge in [0.2, 0.25) is 0 Å². The number of fused-ring (bicyclic) bond motifs is 1.